The van der Waals surface area contributed by atoms with Gasteiger partial charge >= 0.3 is 5.97 Å². The van der Waals surface area contributed by atoms with Crippen LogP contribution in [-0.2, 0) is 19.1 Å². The average Bonchev–Trinajstić information content (AvgIpc) is 2.83. The Hall–Kier alpha value is -1.63. The topological polar surface area (TPSA) is 87.7 Å². The maximum atomic E-state index is 12.0. The Kier molecular flexibility index (Phi) is 10.9. The van der Waals surface area contributed by atoms with Gasteiger partial charge in [-0.2, -0.15) is 0 Å². The molecule has 1 aliphatic rings. The van der Waals surface area contributed by atoms with E-state index in [1.54, 1.807) is 6.92 Å². The molecule has 26 heavy (non-hydrogen) atoms. The van der Waals surface area contributed by atoms with Gasteiger partial charge in [0.1, 0.15) is 6.04 Å². The van der Waals surface area contributed by atoms with E-state index in [4.69, 9.17) is 4.74 Å². The van der Waals surface area contributed by atoms with Crippen LogP contribution >= 0.6 is 0 Å². The van der Waals surface area contributed by atoms with Crippen molar-refractivity contribution in [2.45, 2.75) is 65.3 Å². The predicted octanol–water partition coefficient (Wildman–Crippen LogP) is 1.46. The molecule has 0 saturated carbocycles. The molecular formula is C19H35N3O4. The summed E-state index contributed by atoms with van der Waals surface area (Å²) >= 11 is 0. The second-order valence-electron chi connectivity index (χ2n) is 6.89. The zero-order valence-corrected chi connectivity index (χ0v) is 16.5. The Balaban J connectivity index is 2.27. The van der Waals surface area contributed by atoms with Crippen LogP contribution in [0.2, 0.25) is 0 Å². The van der Waals surface area contributed by atoms with Crippen LogP contribution < -0.4 is 10.6 Å². The van der Waals surface area contributed by atoms with Gasteiger partial charge in [-0.1, -0.05) is 26.7 Å². The van der Waals surface area contributed by atoms with Crippen molar-refractivity contribution in [3.05, 3.63) is 0 Å². The van der Waals surface area contributed by atoms with Crippen LogP contribution in [0.25, 0.3) is 0 Å². The molecule has 7 heteroatoms. The monoisotopic (exact) mass is 369 g/mol. The first-order valence-corrected chi connectivity index (χ1v) is 9.94. The Morgan fingerprint density at radius 3 is 2.69 bits per heavy atom. The van der Waals surface area contributed by atoms with Gasteiger partial charge in [-0.15, -0.1) is 0 Å². The van der Waals surface area contributed by atoms with E-state index in [-0.39, 0.29) is 30.2 Å². The van der Waals surface area contributed by atoms with Crippen molar-refractivity contribution >= 4 is 17.8 Å². The summed E-state index contributed by atoms with van der Waals surface area (Å²) in [5.41, 5.74) is 0. The van der Waals surface area contributed by atoms with Gasteiger partial charge in [-0.25, -0.2) is 0 Å². The zero-order valence-electron chi connectivity index (χ0n) is 16.5. The lowest BCUT2D eigenvalue weighted by atomic mass is 9.99. The van der Waals surface area contributed by atoms with E-state index in [9.17, 15) is 14.4 Å². The molecule has 1 saturated heterocycles. The van der Waals surface area contributed by atoms with Gasteiger partial charge in [0.15, 0.2) is 0 Å². The zero-order chi connectivity index (χ0) is 19.4. The summed E-state index contributed by atoms with van der Waals surface area (Å²) in [6.07, 6.45) is 5.36. The van der Waals surface area contributed by atoms with E-state index < -0.39 is 6.04 Å². The summed E-state index contributed by atoms with van der Waals surface area (Å²) in [4.78, 5) is 37.8. The molecule has 0 aromatic carbocycles. The number of hydrogen-bond donors (Lipinski definition) is 2. The molecule has 0 spiro atoms. The highest BCUT2D eigenvalue weighted by Gasteiger charge is 2.25. The van der Waals surface area contributed by atoms with Crippen molar-refractivity contribution in [1.29, 1.82) is 0 Å². The van der Waals surface area contributed by atoms with Gasteiger partial charge in [0, 0.05) is 26.1 Å². The molecule has 1 heterocycles. The quantitative estimate of drug-likeness (QED) is 0.425. The smallest absolute Gasteiger partial charge is 0.323 e. The fourth-order valence-corrected chi connectivity index (χ4v) is 3.02. The number of esters is 1. The number of nitrogens with zero attached hydrogens (tertiary/aromatic N) is 1. The molecule has 0 bridgehead atoms. The summed E-state index contributed by atoms with van der Waals surface area (Å²) in [6, 6.07) is -0.472. The fraction of sp³-hybridized carbons (Fsp3) is 0.842. The Morgan fingerprint density at radius 2 is 2.00 bits per heavy atom. The first-order chi connectivity index (χ1) is 12.5. The number of ether oxygens (including phenoxy) is 1. The predicted molar refractivity (Wildman–Crippen MR) is 101 cm³/mol. The Bertz CT molecular complexity index is 456. The molecule has 1 aliphatic heterocycles. The lowest BCUT2D eigenvalue weighted by Gasteiger charge is -2.22. The summed E-state index contributed by atoms with van der Waals surface area (Å²) < 4.78 is 5.07. The molecule has 2 unspecified atom stereocenters. The van der Waals surface area contributed by atoms with Crippen molar-refractivity contribution in [2.24, 2.45) is 5.92 Å². The highest BCUT2D eigenvalue weighted by molar-refractivity contribution is 5.80. The normalized spacial score (nSPS) is 17.3. The van der Waals surface area contributed by atoms with E-state index >= 15 is 0 Å². The van der Waals surface area contributed by atoms with Crippen molar-refractivity contribution in [2.75, 3.05) is 32.8 Å². The van der Waals surface area contributed by atoms with Crippen molar-refractivity contribution in [3.63, 3.8) is 0 Å². The standard InChI is InChI=1S/C19H35N3O4/c1-4-15(3)18(19(25)26-5-2)21-14-16(23)20-11-9-13-22-12-8-6-7-10-17(22)24/h15,18,21H,4-14H2,1-3H3,(H,20,23). The molecule has 0 aromatic rings. The lowest BCUT2D eigenvalue weighted by molar-refractivity contribution is -0.147. The molecule has 2 N–H and O–H groups in total. The van der Waals surface area contributed by atoms with Gasteiger partial charge in [-0.3, -0.25) is 19.7 Å². The number of amides is 2. The van der Waals surface area contributed by atoms with E-state index in [1.165, 1.54) is 0 Å². The Morgan fingerprint density at radius 1 is 1.23 bits per heavy atom. The first kappa shape index (κ1) is 22.4. The van der Waals surface area contributed by atoms with E-state index in [0.717, 1.165) is 38.6 Å². The third-order valence-electron chi connectivity index (χ3n) is 4.83. The van der Waals surface area contributed by atoms with E-state index in [2.05, 4.69) is 10.6 Å². The molecule has 1 rings (SSSR count). The van der Waals surface area contributed by atoms with Crippen LogP contribution in [0.5, 0.6) is 0 Å². The minimum absolute atomic E-state index is 0.0798. The van der Waals surface area contributed by atoms with Crippen LogP contribution in [0, 0.1) is 5.92 Å². The maximum absolute atomic E-state index is 12.0. The Labute approximate surface area is 157 Å². The number of carbonyl (C=O) groups excluding carboxylic acids is 3. The highest BCUT2D eigenvalue weighted by Crippen LogP contribution is 2.11. The van der Waals surface area contributed by atoms with E-state index in [1.807, 2.05) is 18.7 Å². The van der Waals surface area contributed by atoms with Crippen LogP contribution in [0.1, 0.15) is 59.3 Å². The van der Waals surface area contributed by atoms with Crippen molar-refractivity contribution in [1.82, 2.24) is 15.5 Å². The number of likely N-dealkylation sites (tertiary alicyclic amines) is 1. The molecule has 0 radical (unpaired) electrons. The molecule has 0 aromatic heterocycles. The third-order valence-corrected chi connectivity index (χ3v) is 4.83. The van der Waals surface area contributed by atoms with Crippen LogP contribution in [0.4, 0.5) is 0 Å². The SMILES string of the molecule is CCOC(=O)C(NCC(=O)NCCCN1CCCCCC1=O)C(C)CC. The molecule has 150 valence electrons. The summed E-state index contributed by atoms with van der Waals surface area (Å²) in [5, 5.41) is 5.85. The van der Waals surface area contributed by atoms with Crippen LogP contribution in [0.3, 0.4) is 0 Å². The number of nitrogens with one attached hydrogen (secondary N) is 2. The maximum Gasteiger partial charge on any atom is 0.323 e. The summed E-state index contributed by atoms with van der Waals surface area (Å²) in [7, 11) is 0. The second-order valence-corrected chi connectivity index (χ2v) is 6.89. The third kappa shape index (κ3) is 8.17. The number of carbonyl (C=O) groups is 3. The average molecular weight is 370 g/mol. The lowest BCUT2D eigenvalue weighted by Crippen LogP contribution is -2.47. The van der Waals surface area contributed by atoms with Gasteiger partial charge in [0.05, 0.1) is 13.2 Å². The van der Waals surface area contributed by atoms with E-state index in [0.29, 0.717) is 26.1 Å². The highest BCUT2D eigenvalue weighted by atomic mass is 16.5. The minimum Gasteiger partial charge on any atom is -0.465 e. The summed E-state index contributed by atoms with van der Waals surface area (Å²) in [5.74, 6) is -0.142. The van der Waals surface area contributed by atoms with Crippen molar-refractivity contribution < 1.29 is 19.1 Å². The molecular weight excluding hydrogens is 334 g/mol. The fourth-order valence-electron chi connectivity index (χ4n) is 3.02. The minimum atomic E-state index is -0.472. The van der Waals surface area contributed by atoms with Gasteiger partial charge in [0.2, 0.25) is 11.8 Å². The first-order valence-electron chi connectivity index (χ1n) is 9.94. The molecule has 0 aliphatic carbocycles. The van der Waals surface area contributed by atoms with Crippen molar-refractivity contribution in [3.8, 4) is 0 Å². The van der Waals surface area contributed by atoms with Gasteiger partial charge in [-0.05, 0) is 32.1 Å². The number of hydrogen-bond acceptors (Lipinski definition) is 5. The molecule has 2 atom stereocenters. The van der Waals surface area contributed by atoms with Gasteiger partial charge < -0.3 is 15.0 Å². The number of rotatable bonds is 11. The molecule has 1 fully saturated rings. The largest absolute Gasteiger partial charge is 0.465 e. The molecule has 2 amide bonds. The molecule has 7 nitrogen and oxygen atoms in total. The van der Waals surface area contributed by atoms with Crippen LogP contribution in [0.15, 0.2) is 0 Å². The second kappa shape index (κ2) is 12.7. The van der Waals surface area contributed by atoms with Crippen LogP contribution in [-0.4, -0.2) is 61.5 Å². The summed E-state index contributed by atoms with van der Waals surface area (Å²) in [6.45, 7) is 8.18. The van der Waals surface area contributed by atoms with Gasteiger partial charge in [0.25, 0.3) is 0 Å².